The fourth-order valence-electron chi connectivity index (χ4n) is 0.993. The van der Waals surface area contributed by atoms with E-state index in [0.717, 1.165) is 11.4 Å². The van der Waals surface area contributed by atoms with Gasteiger partial charge in [-0.05, 0) is 13.5 Å². The van der Waals surface area contributed by atoms with Gasteiger partial charge in [0.1, 0.15) is 5.69 Å². The Morgan fingerprint density at radius 2 is 2.60 bits per heavy atom. The van der Waals surface area contributed by atoms with Crippen LogP contribution in [0.15, 0.2) is 18.0 Å². The lowest BCUT2D eigenvalue weighted by atomic mass is 10.3. The molecule has 1 unspecified atom stereocenters. The van der Waals surface area contributed by atoms with Crippen LogP contribution in [0.25, 0.3) is 0 Å². The predicted molar refractivity (Wildman–Crippen MR) is 62.0 cm³/mol. The molecule has 0 aliphatic rings. The molecule has 1 amide bonds. The normalized spacial score (nSPS) is 12.1. The van der Waals surface area contributed by atoms with Crippen LogP contribution in [0, 0.1) is 0 Å². The van der Waals surface area contributed by atoms with Crippen LogP contribution in [0.5, 0.6) is 0 Å². The van der Waals surface area contributed by atoms with Crippen LogP contribution < -0.4 is 11.1 Å². The highest BCUT2D eigenvalue weighted by molar-refractivity contribution is 7.09. The monoisotopic (exact) mass is 225 g/mol. The number of hydrogen-bond acceptors (Lipinski definition) is 4. The molecule has 1 heterocycles. The van der Waals surface area contributed by atoms with Gasteiger partial charge < -0.3 is 11.1 Å². The summed E-state index contributed by atoms with van der Waals surface area (Å²) in [5.41, 5.74) is 5.86. The van der Waals surface area contributed by atoms with Crippen molar-refractivity contribution < 1.29 is 4.79 Å². The van der Waals surface area contributed by atoms with Gasteiger partial charge in [0.25, 0.3) is 5.91 Å². The zero-order valence-electron chi connectivity index (χ0n) is 8.69. The van der Waals surface area contributed by atoms with Gasteiger partial charge in [-0.15, -0.1) is 17.9 Å². The van der Waals surface area contributed by atoms with Crippen molar-refractivity contribution >= 4 is 17.2 Å². The lowest BCUT2D eigenvalue weighted by Crippen LogP contribution is -2.31. The minimum Gasteiger partial charge on any atom is -0.345 e. The molecule has 0 saturated carbocycles. The van der Waals surface area contributed by atoms with Crippen molar-refractivity contribution in [2.75, 3.05) is 6.54 Å². The van der Waals surface area contributed by atoms with Crippen LogP contribution in [-0.4, -0.2) is 23.5 Å². The zero-order chi connectivity index (χ0) is 11.3. The van der Waals surface area contributed by atoms with Gasteiger partial charge in [0.05, 0.1) is 5.01 Å². The summed E-state index contributed by atoms with van der Waals surface area (Å²) in [5, 5.41) is 5.40. The number of carbonyl (C=O) groups is 1. The minimum atomic E-state index is -0.165. The van der Waals surface area contributed by atoms with Crippen LogP contribution in [0.2, 0.25) is 0 Å². The van der Waals surface area contributed by atoms with Crippen molar-refractivity contribution in [1.82, 2.24) is 10.3 Å². The summed E-state index contributed by atoms with van der Waals surface area (Å²) in [6.07, 6.45) is 2.39. The predicted octanol–water partition coefficient (Wildman–Crippen LogP) is 0.949. The molecule has 0 fully saturated rings. The van der Waals surface area contributed by atoms with E-state index in [2.05, 4.69) is 16.9 Å². The molecule has 1 aromatic heterocycles. The molecule has 4 nitrogen and oxygen atoms in total. The molecule has 0 saturated heterocycles. The lowest BCUT2D eigenvalue weighted by Gasteiger charge is -2.06. The molecule has 0 radical (unpaired) electrons. The molecule has 1 aromatic rings. The first kappa shape index (κ1) is 11.9. The van der Waals surface area contributed by atoms with Gasteiger partial charge >= 0.3 is 0 Å². The molecule has 1 atom stereocenters. The van der Waals surface area contributed by atoms with Crippen molar-refractivity contribution in [2.45, 2.75) is 19.4 Å². The number of nitrogens with one attached hydrogen (secondary N) is 1. The smallest absolute Gasteiger partial charge is 0.271 e. The fraction of sp³-hybridized carbons (Fsp3) is 0.400. The van der Waals surface area contributed by atoms with Crippen LogP contribution in [-0.2, 0) is 6.42 Å². The average Bonchev–Trinajstić information content (AvgIpc) is 2.67. The lowest BCUT2D eigenvalue weighted by molar-refractivity contribution is 0.0942. The van der Waals surface area contributed by atoms with Gasteiger partial charge in [0.2, 0.25) is 0 Å². The average molecular weight is 225 g/mol. The Balaban J connectivity index is 2.61. The maximum absolute atomic E-state index is 11.6. The fourth-order valence-corrected chi connectivity index (χ4v) is 1.79. The second kappa shape index (κ2) is 5.63. The molecule has 0 aromatic carbocycles. The Hall–Kier alpha value is -1.20. The Kier molecular flexibility index (Phi) is 4.45. The molecule has 5 heteroatoms. The third kappa shape index (κ3) is 3.45. The van der Waals surface area contributed by atoms with E-state index >= 15 is 0 Å². The number of rotatable bonds is 5. The molecule has 0 bridgehead atoms. The highest BCUT2D eigenvalue weighted by Gasteiger charge is 2.11. The number of hydrogen-bond donors (Lipinski definition) is 2. The van der Waals surface area contributed by atoms with E-state index in [1.54, 1.807) is 11.5 Å². The van der Waals surface area contributed by atoms with Gasteiger partial charge in [-0.3, -0.25) is 4.79 Å². The second-order valence-corrected chi connectivity index (χ2v) is 4.11. The first-order valence-corrected chi connectivity index (χ1v) is 5.63. The van der Waals surface area contributed by atoms with Crippen molar-refractivity contribution in [3.63, 3.8) is 0 Å². The van der Waals surface area contributed by atoms with Crippen molar-refractivity contribution in [3.8, 4) is 0 Å². The second-order valence-electron chi connectivity index (χ2n) is 3.16. The molecule has 3 N–H and O–H groups in total. The van der Waals surface area contributed by atoms with Crippen molar-refractivity contribution in [2.24, 2.45) is 5.73 Å². The molecule has 15 heavy (non-hydrogen) atoms. The molecular formula is C10H15N3OS. The topological polar surface area (TPSA) is 68.0 Å². The Labute approximate surface area is 93.2 Å². The largest absolute Gasteiger partial charge is 0.345 e. The van der Waals surface area contributed by atoms with Gasteiger partial charge in [0, 0.05) is 17.8 Å². The maximum Gasteiger partial charge on any atom is 0.271 e. The summed E-state index contributed by atoms with van der Waals surface area (Å²) in [4.78, 5) is 15.8. The van der Waals surface area contributed by atoms with Crippen LogP contribution >= 0.6 is 11.3 Å². The number of thiazole rings is 1. The maximum atomic E-state index is 11.6. The summed E-state index contributed by atoms with van der Waals surface area (Å²) >= 11 is 1.46. The van der Waals surface area contributed by atoms with E-state index in [1.165, 1.54) is 11.3 Å². The Bertz CT molecular complexity index is 348. The number of nitrogens with two attached hydrogens (primary N) is 1. The van der Waals surface area contributed by atoms with Gasteiger partial charge in [0.15, 0.2) is 0 Å². The van der Waals surface area contributed by atoms with E-state index in [1.807, 2.05) is 6.92 Å². The van der Waals surface area contributed by atoms with Crippen molar-refractivity contribution in [3.05, 3.63) is 28.7 Å². The summed E-state index contributed by atoms with van der Waals surface area (Å²) in [7, 11) is 0. The summed E-state index contributed by atoms with van der Waals surface area (Å²) < 4.78 is 0. The molecule has 82 valence electrons. The first-order valence-electron chi connectivity index (χ1n) is 4.75. The number of amides is 1. The first-order chi connectivity index (χ1) is 7.17. The summed E-state index contributed by atoms with van der Waals surface area (Å²) in [6, 6.07) is -0.0443. The molecule has 1 rings (SSSR count). The number of nitrogens with zero attached hydrogens (tertiary/aromatic N) is 1. The SMILES string of the molecule is C=CC(C)NC(=O)c1csc(CCN)n1. The molecule has 0 spiro atoms. The van der Waals surface area contributed by atoms with Crippen molar-refractivity contribution in [1.29, 1.82) is 0 Å². The van der Waals surface area contributed by atoms with Crippen LogP contribution in [0.4, 0.5) is 0 Å². The van der Waals surface area contributed by atoms with Gasteiger partial charge in [-0.25, -0.2) is 4.98 Å². The van der Waals surface area contributed by atoms with Crippen LogP contribution in [0.1, 0.15) is 22.4 Å². The van der Waals surface area contributed by atoms with Gasteiger partial charge in [-0.1, -0.05) is 6.08 Å². The Morgan fingerprint density at radius 1 is 1.87 bits per heavy atom. The van der Waals surface area contributed by atoms with E-state index in [0.29, 0.717) is 12.2 Å². The third-order valence-corrected chi connectivity index (χ3v) is 2.76. The molecule has 0 aliphatic carbocycles. The highest BCUT2D eigenvalue weighted by Crippen LogP contribution is 2.09. The van der Waals surface area contributed by atoms with Gasteiger partial charge in [-0.2, -0.15) is 0 Å². The number of aromatic nitrogens is 1. The van der Waals surface area contributed by atoms with E-state index in [4.69, 9.17) is 5.73 Å². The number of carbonyl (C=O) groups excluding carboxylic acids is 1. The standard InChI is InChI=1S/C10H15N3OS/c1-3-7(2)12-10(14)8-6-15-9(13-8)4-5-11/h3,6-7H,1,4-5,11H2,2H3,(H,12,14). The van der Waals surface area contributed by atoms with Crippen LogP contribution in [0.3, 0.4) is 0 Å². The Morgan fingerprint density at radius 3 is 3.20 bits per heavy atom. The summed E-state index contributed by atoms with van der Waals surface area (Å²) in [6.45, 7) is 6.01. The van der Waals surface area contributed by atoms with E-state index in [9.17, 15) is 4.79 Å². The zero-order valence-corrected chi connectivity index (χ0v) is 9.51. The summed E-state index contributed by atoms with van der Waals surface area (Å²) in [5.74, 6) is -0.165. The molecule has 0 aliphatic heterocycles. The molecular weight excluding hydrogens is 210 g/mol. The van der Waals surface area contributed by atoms with E-state index < -0.39 is 0 Å². The third-order valence-electron chi connectivity index (χ3n) is 1.85. The highest BCUT2D eigenvalue weighted by atomic mass is 32.1. The minimum absolute atomic E-state index is 0.0443. The van der Waals surface area contributed by atoms with E-state index in [-0.39, 0.29) is 11.9 Å². The quantitative estimate of drug-likeness (QED) is 0.733.